The van der Waals surface area contributed by atoms with Gasteiger partial charge >= 0.3 is 6.09 Å². The van der Waals surface area contributed by atoms with Gasteiger partial charge in [0.2, 0.25) is 0 Å². The summed E-state index contributed by atoms with van der Waals surface area (Å²) in [6.45, 7) is 1.96. The van der Waals surface area contributed by atoms with Gasteiger partial charge in [-0.15, -0.1) is 0 Å². The van der Waals surface area contributed by atoms with E-state index in [9.17, 15) is 18.0 Å². The number of fused-ring (bicyclic) bond motifs is 1. The van der Waals surface area contributed by atoms with Crippen LogP contribution in [0.25, 0.3) is 0 Å². The topological polar surface area (TPSA) is 47.6 Å². The highest BCUT2D eigenvalue weighted by molar-refractivity contribution is 5.69. The normalized spacial score (nSPS) is 28.5. The van der Waals surface area contributed by atoms with E-state index < -0.39 is 40.8 Å². The summed E-state index contributed by atoms with van der Waals surface area (Å²) in [5, 5.41) is 2.79. The van der Waals surface area contributed by atoms with Crippen molar-refractivity contribution in [3.8, 4) is 0 Å². The van der Waals surface area contributed by atoms with Crippen molar-refractivity contribution < 1.29 is 27.4 Å². The molecule has 4 nitrogen and oxygen atoms in total. The Morgan fingerprint density at radius 2 is 1.81 bits per heavy atom. The molecule has 0 radical (unpaired) electrons. The Kier molecular flexibility index (Phi) is 4.14. The first-order valence-corrected chi connectivity index (χ1v) is 8.61. The van der Waals surface area contributed by atoms with Gasteiger partial charge in [-0.25, -0.2) is 18.0 Å². The van der Waals surface area contributed by atoms with E-state index in [1.54, 1.807) is 0 Å². The molecule has 3 aliphatic rings. The van der Waals surface area contributed by atoms with Crippen molar-refractivity contribution in [1.82, 2.24) is 5.32 Å². The van der Waals surface area contributed by atoms with E-state index in [0.29, 0.717) is 12.8 Å². The molecule has 1 aliphatic carbocycles. The van der Waals surface area contributed by atoms with Crippen molar-refractivity contribution >= 4 is 6.09 Å². The molecule has 2 bridgehead atoms. The summed E-state index contributed by atoms with van der Waals surface area (Å²) in [5.41, 5.74) is -0.348. The third kappa shape index (κ3) is 3.16. The number of rotatable bonds is 4. The Morgan fingerprint density at radius 1 is 1.19 bits per heavy atom. The Balaban J connectivity index is 1.50. The predicted molar refractivity (Wildman–Crippen MR) is 90.3 cm³/mol. The van der Waals surface area contributed by atoms with Gasteiger partial charge < -0.3 is 14.8 Å². The van der Waals surface area contributed by atoms with Gasteiger partial charge in [0, 0.05) is 12.8 Å². The lowest BCUT2D eigenvalue weighted by atomic mass is 9.66. The van der Waals surface area contributed by atoms with E-state index in [1.807, 2.05) is 37.3 Å². The summed E-state index contributed by atoms with van der Waals surface area (Å²) in [5.74, 6) is -4.10. The molecule has 1 saturated carbocycles. The Morgan fingerprint density at radius 3 is 2.44 bits per heavy atom. The van der Waals surface area contributed by atoms with Gasteiger partial charge in [0.15, 0.2) is 17.5 Å². The number of alkyl carbamates (subject to hydrolysis) is 1. The van der Waals surface area contributed by atoms with Gasteiger partial charge in [0.1, 0.15) is 12.7 Å². The largest absolute Gasteiger partial charge is 0.445 e. The van der Waals surface area contributed by atoms with E-state index in [-0.39, 0.29) is 12.2 Å². The number of hydrogen-bond acceptors (Lipinski definition) is 3. The molecule has 27 heavy (non-hydrogen) atoms. The molecule has 0 spiro atoms. The van der Waals surface area contributed by atoms with Crippen LogP contribution in [0.4, 0.5) is 18.0 Å². The number of benzene rings is 2. The SMILES string of the molecule is CC12CC(NC(=O)OCc3ccccc3)(C1)C(c1cc(F)c(F)c(F)c1)O2. The number of nitrogens with one attached hydrogen (secondary N) is 1. The van der Waals surface area contributed by atoms with Crippen LogP contribution >= 0.6 is 0 Å². The first kappa shape index (κ1) is 17.9. The molecule has 1 unspecified atom stereocenters. The van der Waals surface area contributed by atoms with Gasteiger partial charge in [-0.05, 0) is 30.2 Å². The van der Waals surface area contributed by atoms with Gasteiger partial charge in [-0.3, -0.25) is 0 Å². The molecular formula is C20H18F3NO3. The molecule has 1 N–H and O–H groups in total. The zero-order valence-electron chi connectivity index (χ0n) is 14.6. The first-order valence-electron chi connectivity index (χ1n) is 8.61. The first-order chi connectivity index (χ1) is 12.8. The van der Waals surface area contributed by atoms with Crippen molar-refractivity contribution in [2.24, 2.45) is 0 Å². The molecule has 2 aromatic rings. The van der Waals surface area contributed by atoms with Gasteiger partial charge in [-0.1, -0.05) is 30.3 Å². The molecule has 142 valence electrons. The zero-order valence-corrected chi connectivity index (χ0v) is 14.6. The molecule has 7 heteroatoms. The number of halogens is 3. The van der Waals surface area contributed by atoms with Crippen LogP contribution in [-0.2, 0) is 16.1 Å². The Bertz CT molecular complexity index is 858. The average Bonchev–Trinajstić information content (AvgIpc) is 3.06. The minimum absolute atomic E-state index is 0.103. The molecule has 2 saturated heterocycles. The van der Waals surface area contributed by atoms with Crippen molar-refractivity contribution in [2.75, 3.05) is 0 Å². The highest BCUT2D eigenvalue weighted by Crippen LogP contribution is 2.61. The third-order valence-electron chi connectivity index (χ3n) is 5.16. The van der Waals surface area contributed by atoms with Gasteiger partial charge in [-0.2, -0.15) is 0 Å². The summed E-state index contributed by atoms with van der Waals surface area (Å²) in [6.07, 6.45) is -0.465. The summed E-state index contributed by atoms with van der Waals surface area (Å²) < 4.78 is 51.7. The third-order valence-corrected chi connectivity index (χ3v) is 5.16. The zero-order chi connectivity index (χ0) is 19.2. The fraction of sp³-hybridized carbons (Fsp3) is 0.350. The molecule has 0 aromatic heterocycles. The maximum absolute atomic E-state index is 13.6. The maximum atomic E-state index is 13.6. The standard InChI is InChI=1S/C20H18F3NO3/c1-19-10-20(11-19,24-18(25)26-9-12-5-3-2-4-6-12)17(27-19)13-7-14(21)16(23)15(22)8-13/h2-8,17H,9-11H2,1H3,(H,24,25). The highest BCUT2D eigenvalue weighted by Gasteiger charge is 2.67. The van der Waals surface area contributed by atoms with Crippen LogP contribution in [-0.4, -0.2) is 17.2 Å². The molecule has 5 rings (SSSR count). The number of carbonyl (C=O) groups excluding carboxylic acids is 1. The van der Waals surface area contributed by atoms with E-state index in [4.69, 9.17) is 9.47 Å². The summed E-state index contributed by atoms with van der Waals surface area (Å²) in [6, 6.07) is 11.0. The van der Waals surface area contributed by atoms with Gasteiger partial charge in [0.25, 0.3) is 0 Å². The smallest absolute Gasteiger partial charge is 0.408 e. The van der Waals surface area contributed by atoms with Crippen molar-refractivity contribution in [3.63, 3.8) is 0 Å². The van der Waals surface area contributed by atoms with Crippen molar-refractivity contribution in [1.29, 1.82) is 0 Å². The molecule has 1 atom stereocenters. The minimum Gasteiger partial charge on any atom is -0.445 e. The van der Waals surface area contributed by atoms with Crippen LogP contribution in [0.2, 0.25) is 0 Å². The fourth-order valence-electron chi connectivity index (χ4n) is 4.18. The van der Waals surface area contributed by atoms with E-state index in [0.717, 1.165) is 17.7 Å². The molecule has 2 aromatic carbocycles. The molecule has 1 amide bonds. The Labute approximate surface area is 154 Å². The molecule has 2 heterocycles. The number of carbonyl (C=O) groups is 1. The predicted octanol–water partition coefficient (Wildman–Crippen LogP) is 4.39. The van der Waals surface area contributed by atoms with Crippen molar-refractivity contribution in [2.45, 2.75) is 43.6 Å². The Hall–Kier alpha value is -2.54. The van der Waals surface area contributed by atoms with Crippen LogP contribution in [0, 0.1) is 17.5 Å². The van der Waals surface area contributed by atoms with Crippen LogP contribution in [0.1, 0.15) is 37.0 Å². The summed E-state index contributed by atoms with van der Waals surface area (Å²) in [7, 11) is 0. The van der Waals surface area contributed by atoms with Crippen LogP contribution < -0.4 is 5.32 Å². The van der Waals surface area contributed by atoms with Gasteiger partial charge in [0.05, 0.1) is 11.1 Å². The van der Waals surface area contributed by atoms with Crippen LogP contribution in [0.3, 0.4) is 0 Å². The van der Waals surface area contributed by atoms with Crippen LogP contribution in [0.5, 0.6) is 0 Å². The molecule has 3 fully saturated rings. The second kappa shape index (κ2) is 6.27. The van der Waals surface area contributed by atoms with Crippen LogP contribution in [0.15, 0.2) is 42.5 Å². The number of amides is 1. The average molecular weight is 377 g/mol. The quantitative estimate of drug-likeness (QED) is 0.804. The van der Waals surface area contributed by atoms with Crippen molar-refractivity contribution in [3.05, 3.63) is 71.0 Å². The maximum Gasteiger partial charge on any atom is 0.408 e. The second-order valence-corrected chi connectivity index (χ2v) is 7.44. The van der Waals surface area contributed by atoms with E-state index >= 15 is 0 Å². The van der Waals surface area contributed by atoms with E-state index in [1.165, 1.54) is 0 Å². The monoisotopic (exact) mass is 377 g/mol. The summed E-state index contributed by atoms with van der Waals surface area (Å²) >= 11 is 0. The minimum atomic E-state index is -1.53. The lowest BCUT2D eigenvalue weighted by molar-refractivity contribution is -0.0101. The molecular weight excluding hydrogens is 359 g/mol. The highest BCUT2D eigenvalue weighted by atomic mass is 19.2. The molecule has 2 aliphatic heterocycles. The summed E-state index contributed by atoms with van der Waals surface area (Å²) in [4.78, 5) is 12.3. The number of hydrogen-bond donors (Lipinski definition) is 1. The number of ether oxygens (including phenoxy) is 2. The second-order valence-electron chi connectivity index (χ2n) is 7.44. The lowest BCUT2D eigenvalue weighted by Gasteiger charge is -2.43. The van der Waals surface area contributed by atoms with E-state index in [2.05, 4.69) is 5.32 Å². The lowest BCUT2D eigenvalue weighted by Crippen LogP contribution is -2.59. The fourth-order valence-corrected chi connectivity index (χ4v) is 4.18.